The lowest BCUT2D eigenvalue weighted by Gasteiger charge is -2.06. The van der Waals surface area contributed by atoms with Crippen molar-refractivity contribution in [2.75, 3.05) is 18.1 Å². The van der Waals surface area contributed by atoms with Gasteiger partial charge in [-0.25, -0.2) is 4.98 Å². The molecule has 0 bridgehead atoms. The number of rotatable bonds is 4. The van der Waals surface area contributed by atoms with Gasteiger partial charge in [-0.2, -0.15) is 0 Å². The van der Waals surface area contributed by atoms with E-state index in [9.17, 15) is 0 Å². The molecule has 1 aliphatic rings. The van der Waals surface area contributed by atoms with Crippen LogP contribution in [0, 0.1) is 0 Å². The van der Waals surface area contributed by atoms with Crippen LogP contribution in [0.3, 0.4) is 0 Å². The average molecular weight is 264 g/mol. The second-order valence-corrected chi connectivity index (χ2v) is 5.52. The molecule has 2 aromatic rings. The average Bonchev–Trinajstić information content (AvgIpc) is 2.97. The molecule has 18 heavy (non-hydrogen) atoms. The van der Waals surface area contributed by atoms with Gasteiger partial charge in [0.1, 0.15) is 5.52 Å². The third-order valence-electron chi connectivity index (χ3n) is 3.01. The second-order valence-electron chi connectivity index (χ2n) is 4.48. The van der Waals surface area contributed by atoms with Crippen LogP contribution >= 0.6 is 11.8 Å². The Balaban J connectivity index is 1.60. The van der Waals surface area contributed by atoms with E-state index < -0.39 is 0 Å². The topological polar surface area (TPSA) is 61.3 Å². The molecule has 0 radical (unpaired) electrons. The minimum atomic E-state index is 0.412. The lowest BCUT2D eigenvalue weighted by atomic mass is 10.3. The first-order valence-corrected chi connectivity index (χ1v) is 7.31. The minimum Gasteiger partial charge on any atom is -0.440 e. The van der Waals surface area contributed by atoms with Crippen LogP contribution in [0.25, 0.3) is 11.1 Å². The highest BCUT2D eigenvalue weighted by Gasteiger charge is 2.15. The van der Waals surface area contributed by atoms with Gasteiger partial charge in [-0.05, 0) is 31.0 Å². The van der Waals surface area contributed by atoms with Crippen molar-refractivity contribution in [3.8, 4) is 0 Å². The Morgan fingerprint density at radius 3 is 3.22 bits per heavy atom. The molecule has 1 fully saturated rings. The standard InChI is InChI=1S/C13H16N2O2S/c14-9-3-4-12-11(6-9)15-13(17-12)8-18-7-10-2-1-5-16-10/h3-4,6,10H,1-2,5,7-8,14H2. The predicted octanol–water partition coefficient (Wildman–Crippen LogP) is 2.82. The first-order chi connectivity index (χ1) is 8.81. The summed E-state index contributed by atoms with van der Waals surface area (Å²) in [5.41, 5.74) is 8.07. The smallest absolute Gasteiger partial charge is 0.205 e. The number of hydrogen-bond acceptors (Lipinski definition) is 5. The molecular formula is C13H16N2O2S. The van der Waals surface area contributed by atoms with Gasteiger partial charge < -0.3 is 14.9 Å². The maximum Gasteiger partial charge on any atom is 0.205 e. The summed E-state index contributed by atoms with van der Waals surface area (Å²) < 4.78 is 11.2. The van der Waals surface area contributed by atoms with Crippen LogP contribution in [-0.4, -0.2) is 23.4 Å². The highest BCUT2D eigenvalue weighted by Crippen LogP contribution is 2.23. The van der Waals surface area contributed by atoms with Gasteiger partial charge in [0, 0.05) is 18.0 Å². The summed E-state index contributed by atoms with van der Waals surface area (Å²) in [7, 11) is 0. The summed E-state index contributed by atoms with van der Waals surface area (Å²) in [5, 5.41) is 0. The van der Waals surface area contributed by atoms with E-state index in [4.69, 9.17) is 14.9 Å². The Morgan fingerprint density at radius 1 is 1.44 bits per heavy atom. The van der Waals surface area contributed by atoms with Gasteiger partial charge in [0.15, 0.2) is 5.58 Å². The van der Waals surface area contributed by atoms with E-state index in [1.807, 2.05) is 30.0 Å². The molecule has 5 heteroatoms. The fraction of sp³-hybridized carbons (Fsp3) is 0.462. The van der Waals surface area contributed by atoms with E-state index >= 15 is 0 Å². The maximum absolute atomic E-state index is 5.71. The van der Waals surface area contributed by atoms with Crippen molar-refractivity contribution in [1.82, 2.24) is 4.98 Å². The molecule has 2 N–H and O–H groups in total. The number of aromatic nitrogens is 1. The van der Waals surface area contributed by atoms with E-state index in [1.54, 1.807) is 0 Å². The molecule has 1 aromatic carbocycles. The van der Waals surface area contributed by atoms with Crippen molar-refractivity contribution in [2.45, 2.75) is 24.7 Å². The number of hydrogen-bond donors (Lipinski definition) is 1. The van der Waals surface area contributed by atoms with Crippen LogP contribution in [-0.2, 0) is 10.5 Å². The van der Waals surface area contributed by atoms with Gasteiger partial charge in [-0.3, -0.25) is 0 Å². The number of fused-ring (bicyclic) bond motifs is 1. The number of nitrogens with zero attached hydrogens (tertiary/aromatic N) is 1. The van der Waals surface area contributed by atoms with Crippen LogP contribution < -0.4 is 5.73 Å². The largest absolute Gasteiger partial charge is 0.440 e. The molecule has 1 saturated heterocycles. The predicted molar refractivity (Wildman–Crippen MR) is 73.6 cm³/mol. The minimum absolute atomic E-state index is 0.412. The van der Waals surface area contributed by atoms with Crippen LogP contribution in [0.4, 0.5) is 5.69 Å². The number of ether oxygens (including phenoxy) is 1. The van der Waals surface area contributed by atoms with E-state index in [-0.39, 0.29) is 0 Å². The van der Waals surface area contributed by atoms with Crippen molar-refractivity contribution in [3.05, 3.63) is 24.1 Å². The Kier molecular flexibility index (Phi) is 3.43. The van der Waals surface area contributed by atoms with Gasteiger partial charge in [-0.15, -0.1) is 11.8 Å². The summed E-state index contributed by atoms with van der Waals surface area (Å²) in [4.78, 5) is 4.43. The third kappa shape index (κ3) is 2.62. The molecule has 0 saturated carbocycles. The van der Waals surface area contributed by atoms with Gasteiger partial charge in [-0.1, -0.05) is 0 Å². The highest BCUT2D eigenvalue weighted by atomic mass is 32.2. The molecule has 96 valence electrons. The number of benzene rings is 1. The third-order valence-corrected chi connectivity index (χ3v) is 4.07. The monoisotopic (exact) mass is 264 g/mol. The lowest BCUT2D eigenvalue weighted by Crippen LogP contribution is -2.07. The van der Waals surface area contributed by atoms with Crippen LogP contribution in [0.5, 0.6) is 0 Å². The molecule has 2 heterocycles. The first kappa shape index (κ1) is 11.9. The molecule has 0 amide bonds. The highest BCUT2D eigenvalue weighted by molar-refractivity contribution is 7.98. The number of anilines is 1. The van der Waals surface area contributed by atoms with Crippen molar-refractivity contribution in [1.29, 1.82) is 0 Å². The molecule has 1 unspecified atom stereocenters. The zero-order valence-corrected chi connectivity index (χ0v) is 10.9. The molecule has 0 spiro atoms. The zero-order valence-electron chi connectivity index (χ0n) is 10.1. The van der Waals surface area contributed by atoms with Crippen molar-refractivity contribution >= 4 is 28.5 Å². The second kappa shape index (κ2) is 5.20. The lowest BCUT2D eigenvalue weighted by molar-refractivity contribution is 0.129. The van der Waals surface area contributed by atoms with E-state index in [0.717, 1.165) is 35.1 Å². The maximum atomic E-state index is 5.71. The quantitative estimate of drug-likeness (QED) is 0.860. The van der Waals surface area contributed by atoms with Gasteiger partial charge in [0.25, 0.3) is 0 Å². The fourth-order valence-electron chi connectivity index (χ4n) is 2.11. The summed E-state index contributed by atoms with van der Waals surface area (Å²) >= 11 is 1.81. The molecule has 1 aromatic heterocycles. The normalized spacial score (nSPS) is 19.7. The Labute approximate surface area is 110 Å². The Morgan fingerprint density at radius 2 is 2.39 bits per heavy atom. The van der Waals surface area contributed by atoms with Gasteiger partial charge >= 0.3 is 0 Å². The van der Waals surface area contributed by atoms with Gasteiger partial charge in [0.2, 0.25) is 5.89 Å². The fourth-order valence-corrected chi connectivity index (χ4v) is 3.05. The number of thioether (sulfide) groups is 1. The Bertz CT molecular complexity index is 535. The summed E-state index contributed by atoms with van der Waals surface area (Å²) in [6.45, 7) is 0.910. The number of nitrogen functional groups attached to an aromatic ring is 1. The molecule has 4 nitrogen and oxygen atoms in total. The molecule has 3 rings (SSSR count). The molecular weight excluding hydrogens is 248 g/mol. The molecule has 1 aliphatic heterocycles. The molecule has 0 aliphatic carbocycles. The van der Waals surface area contributed by atoms with E-state index in [0.29, 0.717) is 11.8 Å². The first-order valence-electron chi connectivity index (χ1n) is 6.15. The van der Waals surface area contributed by atoms with Crippen molar-refractivity contribution < 1.29 is 9.15 Å². The zero-order chi connectivity index (χ0) is 12.4. The summed E-state index contributed by atoms with van der Waals surface area (Å²) in [6, 6.07) is 5.54. The van der Waals surface area contributed by atoms with Crippen LogP contribution in [0.1, 0.15) is 18.7 Å². The van der Waals surface area contributed by atoms with E-state index in [2.05, 4.69) is 4.98 Å². The van der Waals surface area contributed by atoms with Crippen LogP contribution in [0.15, 0.2) is 22.6 Å². The van der Waals surface area contributed by atoms with Crippen molar-refractivity contribution in [2.24, 2.45) is 0 Å². The summed E-state index contributed by atoms with van der Waals surface area (Å²) in [6.07, 6.45) is 2.78. The van der Waals surface area contributed by atoms with Gasteiger partial charge in [0.05, 0.1) is 11.9 Å². The van der Waals surface area contributed by atoms with E-state index in [1.165, 1.54) is 12.8 Å². The summed E-state index contributed by atoms with van der Waals surface area (Å²) in [5.74, 6) is 2.56. The SMILES string of the molecule is Nc1ccc2oc(CSCC3CCCO3)nc2c1. The number of oxazole rings is 1. The van der Waals surface area contributed by atoms with Crippen molar-refractivity contribution in [3.63, 3.8) is 0 Å². The Hall–Kier alpha value is -1.20. The van der Waals surface area contributed by atoms with Crippen LogP contribution in [0.2, 0.25) is 0 Å². The number of nitrogens with two attached hydrogens (primary N) is 1. The molecule has 1 atom stereocenters.